The van der Waals surface area contributed by atoms with Crippen LogP contribution in [0.2, 0.25) is 5.02 Å². The maximum Gasteiger partial charge on any atom is 0.240 e. The number of sulfonamides is 1. The molecule has 0 saturated heterocycles. The van der Waals surface area contributed by atoms with Crippen molar-refractivity contribution < 1.29 is 13.2 Å². The Bertz CT molecular complexity index is 476. The van der Waals surface area contributed by atoms with E-state index in [0.717, 1.165) is 0 Å². The van der Waals surface area contributed by atoms with Gasteiger partial charge in [0.25, 0.3) is 0 Å². The first-order valence-corrected chi connectivity index (χ1v) is 6.90. The van der Waals surface area contributed by atoms with Gasteiger partial charge in [-0.3, -0.25) is 0 Å². The molecule has 0 aromatic heterocycles. The first-order chi connectivity index (χ1) is 8.01. The van der Waals surface area contributed by atoms with Gasteiger partial charge in [-0.05, 0) is 31.2 Å². The summed E-state index contributed by atoms with van der Waals surface area (Å²) in [5.41, 5.74) is 5.29. The molecule has 0 aliphatic heterocycles. The highest BCUT2D eigenvalue weighted by Crippen LogP contribution is 2.26. The molecule has 0 fully saturated rings. The smallest absolute Gasteiger partial charge is 0.240 e. The summed E-state index contributed by atoms with van der Waals surface area (Å²) < 4.78 is 31.0. The lowest BCUT2D eigenvalue weighted by Crippen LogP contribution is -2.26. The van der Waals surface area contributed by atoms with Gasteiger partial charge in [0.05, 0.1) is 17.0 Å². The van der Waals surface area contributed by atoms with E-state index < -0.39 is 10.0 Å². The number of hydrogen-bond donors (Lipinski definition) is 2. The summed E-state index contributed by atoms with van der Waals surface area (Å²) in [6, 6.07) is 4.31. The van der Waals surface area contributed by atoms with Crippen molar-refractivity contribution in [1.29, 1.82) is 0 Å². The van der Waals surface area contributed by atoms with Gasteiger partial charge in [-0.1, -0.05) is 11.6 Å². The summed E-state index contributed by atoms with van der Waals surface area (Å²) >= 11 is 5.86. The normalized spacial score (nSPS) is 11.5. The standard InChI is InChI=1S/C10H15ClN2O3S/c1-16-10-4-3-8(7-9(10)11)17(14,15)13-6-2-5-12/h3-4,7,13H,2,5-6,12H2,1H3. The van der Waals surface area contributed by atoms with Crippen LogP contribution < -0.4 is 15.2 Å². The Hall–Kier alpha value is -0.820. The molecule has 1 rings (SSSR count). The van der Waals surface area contributed by atoms with Crippen LogP contribution in [0.3, 0.4) is 0 Å². The van der Waals surface area contributed by atoms with E-state index in [-0.39, 0.29) is 9.92 Å². The summed E-state index contributed by atoms with van der Waals surface area (Å²) in [5.74, 6) is 0.438. The SMILES string of the molecule is COc1ccc(S(=O)(=O)NCCCN)cc1Cl. The number of methoxy groups -OCH3 is 1. The van der Waals surface area contributed by atoms with Crippen LogP contribution >= 0.6 is 11.6 Å². The predicted octanol–water partition coefficient (Wildman–Crippen LogP) is 0.976. The van der Waals surface area contributed by atoms with Crippen molar-refractivity contribution in [3.63, 3.8) is 0 Å². The molecule has 3 N–H and O–H groups in total. The molecule has 0 amide bonds. The lowest BCUT2D eigenvalue weighted by Gasteiger charge is -2.08. The van der Waals surface area contributed by atoms with Crippen LogP contribution in [0.1, 0.15) is 6.42 Å². The van der Waals surface area contributed by atoms with Crippen molar-refractivity contribution in [2.75, 3.05) is 20.2 Å². The fourth-order valence-corrected chi connectivity index (χ4v) is 2.63. The van der Waals surface area contributed by atoms with Crippen LogP contribution in [0.4, 0.5) is 0 Å². The average molecular weight is 279 g/mol. The quantitative estimate of drug-likeness (QED) is 0.760. The summed E-state index contributed by atoms with van der Waals surface area (Å²) in [5, 5.41) is 0.259. The highest BCUT2D eigenvalue weighted by molar-refractivity contribution is 7.89. The third-order valence-electron chi connectivity index (χ3n) is 2.11. The Labute approximate surface area is 106 Å². The zero-order valence-electron chi connectivity index (χ0n) is 9.44. The van der Waals surface area contributed by atoms with Gasteiger partial charge >= 0.3 is 0 Å². The van der Waals surface area contributed by atoms with Crippen molar-refractivity contribution in [2.24, 2.45) is 5.73 Å². The van der Waals surface area contributed by atoms with E-state index in [9.17, 15) is 8.42 Å². The van der Waals surface area contributed by atoms with Crippen LogP contribution in [0, 0.1) is 0 Å². The topological polar surface area (TPSA) is 81.4 Å². The Morgan fingerprint density at radius 3 is 2.71 bits per heavy atom. The number of rotatable bonds is 6. The number of benzene rings is 1. The first-order valence-electron chi connectivity index (χ1n) is 5.04. The lowest BCUT2D eigenvalue weighted by molar-refractivity contribution is 0.414. The fraction of sp³-hybridized carbons (Fsp3) is 0.400. The second-order valence-corrected chi connectivity index (χ2v) is 5.51. The van der Waals surface area contributed by atoms with E-state index in [1.165, 1.54) is 25.3 Å². The van der Waals surface area contributed by atoms with Crippen LogP contribution in [0.25, 0.3) is 0 Å². The predicted molar refractivity (Wildman–Crippen MR) is 66.9 cm³/mol. The van der Waals surface area contributed by atoms with Gasteiger partial charge in [-0.2, -0.15) is 0 Å². The van der Waals surface area contributed by atoms with Crippen LogP contribution in [0.15, 0.2) is 23.1 Å². The van der Waals surface area contributed by atoms with Crippen LogP contribution in [0.5, 0.6) is 5.75 Å². The monoisotopic (exact) mass is 278 g/mol. The third-order valence-corrected chi connectivity index (χ3v) is 3.86. The van der Waals surface area contributed by atoms with Crippen molar-refractivity contribution in [1.82, 2.24) is 4.72 Å². The highest BCUT2D eigenvalue weighted by atomic mass is 35.5. The first kappa shape index (κ1) is 14.2. The molecule has 17 heavy (non-hydrogen) atoms. The summed E-state index contributed by atoms with van der Waals surface area (Å²) in [6.07, 6.45) is 0.586. The molecule has 5 nitrogen and oxygen atoms in total. The molecule has 0 spiro atoms. The number of hydrogen-bond acceptors (Lipinski definition) is 4. The van der Waals surface area contributed by atoms with Gasteiger partial charge in [0.15, 0.2) is 0 Å². The molecular weight excluding hydrogens is 264 g/mol. The molecule has 0 radical (unpaired) electrons. The van der Waals surface area contributed by atoms with Crippen LogP contribution in [-0.2, 0) is 10.0 Å². The van der Waals surface area contributed by atoms with Gasteiger partial charge in [-0.15, -0.1) is 0 Å². The molecule has 96 valence electrons. The van der Waals surface area contributed by atoms with E-state index in [4.69, 9.17) is 22.1 Å². The Kier molecular flexibility index (Phi) is 5.20. The molecule has 0 unspecified atom stereocenters. The van der Waals surface area contributed by atoms with E-state index in [1.54, 1.807) is 0 Å². The van der Waals surface area contributed by atoms with E-state index in [2.05, 4.69) is 4.72 Å². The maximum atomic E-state index is 11.8. The maximum absolute atomic E-state index is 11.8. The molecule has 1 aromatic carbocycles. The van der Waals surface area contributed by atoms with Crippen molar-refractivity contribution in [3.8, 4) is 5.75 Å². The number of ether oxygens (including phenoxy) is 1. The molecule has 1 aromatic rings. The van der Waals surface area contributed by atoms with Crippen molar-refractivity contribution >= 4 is 21.6 Å². The van der Waals surface area contributed by atoms with Gasteiger partial charge in [0.2, 0.25) is 10.0 Å². The van der Waals surface area contributed by atoms with Crippen molar-refractivity contribution in [3.05, 3.63) is 23.2 Å². The van der Waals surface area contributed by atoms with Gasteiger partial charge in [-0.25, -0.2) is 13.1 Å². The Morgan fingerprint density at radius 1 is 1.47 bits per heavy atom. The Morgan fingerprint density at radius 2 is 2.18 bits per heavy atom. The largest absolute Gasteiger partial charge is 0.495 e. The van der Waals surface area contributed by atoms with Gasteiger partial charge in [0.1, 0.15) is 5.75 Å². The third kappa shape index (κ3) is 3.85. The molecule has 0 atom stereocenters. The van der Waals surface area contributed by atoms with E-state index >= 15 is 0 Å². The molecule has 0 bridgehead atoms. The average Bonchev–Trinajstić information content (AvgIpc) is 2.29. The number of halogens is 1. The zero-order valence-corrected chi connectivity index (χ0v) is 11.0. The molecule has 0 aliphatic rings. The minimum absolute atomic E-state index is 0.111. The lowest BCUT2D eigenvalue weighted by atomic mass is 10.3. The van der Waals surface area contributed by atoms with Gasteiger partial charge in [0, 0.05) is 6.54 Å². The molecule has 7 heteroatoms. The van der Waals surface area contributed by atoms with Crippen molar-refractivity contribution in [2.45, 2.75) is 11.3 Å². The summed E-state index contributed by atoms with van der Waals surface area (Å²) in [6.45, 7) is 0.744. The zero-order chi connectivity index (χ0) is 12.9. The minimum atomic E-state index is -3.53. The fourth-order valence-electron chi connectivity index (χ4n) is 1.21. The van der Waals surface area contributed by atoms with E-state index in [1.807, 2.05) is 0 Å². The summed E-state index contributed by atoms with van der Waals surface area (Å²) in [7, 11) is -2.06. The molecule has 0 heterocycles. The van der Waals surface area contributed by atoms with Crippen LogP contribution in [-0.4, -0.2) is 28.6 Å². The van der Waals surface area contributed by atoms with E-state index in [0.29, 0.717) is 25.3 Å². The molecular formula is C10H15ClN2O3S. The highest BCUT2D eigenvalue weighted by Gasteiger charge is 2.15. The Balaban J connectivity index is 2.88. The minimum Gasteiger partial charge on any atom is -0.495 e. The number of nitrogens with two attached hydrogens (primary N) is 1. The number of nitrogens with one attached hydrogen (secondary N) is 1. The second-order valence-electron chi connectivity index (χ2n) is 3.34. The summed E-state index contributed by atoms with van der Waals surface area (Å²) in [4.78, 5) is 0.111. The van der Waals surface area contributed by atoms with Gasteiger partial charge < -0.3 is 10.5 Å². The molecule has 0 aliphatic carbocycles. The second kappa shape index (κ2) is 6.20. The molecule has 0 saturated carbocycles.